The second-order valence-corrected chi connectivity index (χ2v) is 18.6. The third-order valence-corrected chi connectivity index (χ3v) is 12.7. The molecule has 0 bridgehead atoms. The summed E-state index contributed by atoms with van der Waals surface area (Å²) in [5, 5.41) is 4.36. The van der Waals surface area contributed by atoms with Crippen LogP contribution in [-0.4, -0.2) is 87.4 Å². The normalized spacial score (nSPS) is 12.0. The van der Waals surface area contributed by atoms with Crippen LogP contribution in [-0.2, 0) is 41.7 Å². The minimum atomic E-state index is -3.72. The van der Waals surface area contributed by atoms with E-state index in [0.717, 1.165) is 38.6 Å². The molecule has 6 rings (SSSR count). The van der Waals surface area contributed by atoms with E-state index in [9.17, 15) is 14.2 Å². The van der Waals surface area contributed by atoms with Gasteiger partial charge >= 0.3 is 19.5 Å². The number of carbonyl (C=O) groups is 2. The van der Waals surface area contributed by atoms with Crippen molar-refractivity contribution in [3.05, 3.63) is 126 Å². The zero-order valence-electron chi connectivity index (χ0n) is 39.3. The average molecular weight is 988 g/mol. The summed E-state index contributed by atoms with van der Waals surface area (Å²) in [6.07, 6.45) is 4.58. The van der Waals surface area contributed by atoms with Crippen molar-refractivity contribution >= 4 is 55.2 Å². The number of esters is 2. The molecule has 2 unspecified atom stereocenters. The van der Waals surface area contributed by atoms with Crippen LogP contribution in [0.3, 0.4) is 0 Å². The van der Waals surface area contributed by atoms with Gasteiger partial charge in [0.2, 0.25) is 10.7 Å². The Hall–Kier alpha value is -4.68. The van der Waals surface area contributed by atoms with Gasteiger partial charge in [0.1, 0.15) is 64.1 Å². The molecular formula is C49H62Cl2N2O11P2. The fourth-order valence-corrected chi connectivity index (χ4v) is 8.44. The van der Waals surface area contributed by atoms with Crippen LogP contribution in [0.15, 0.2) is 113 Å². The molecule has 2 atom stereocenters. The molecule has 0 aromatic heterocycles. The molecule has 2 aliphatic heterocycles. The second kappa shape index (κ2) is 28.5. The average Bonchev–Trinajstić information content (AvgIpc) is 3.28. The van der Waals surface area contributed by atoms with Gasteiger partial charge in [-0.25, -0.2) is 9.15 Å². The number of nitrogens with zero attached hydrogens (tertiary/aromatic N) is 2. The van der Waals surface area contributed by atoms with Crippen LogP contribution in [0.1, 0.15) is 36.8 Å². The molecule has 358 valence electrons. The first kappa shape index (κ1) is 57.4. The predicted octanol–water partition coefficient (Wildman–Crippen LogP) is 2.85. The molecule has 66 heavy (non-hydrogen) atoms. The van der Waals surface area contributed by atoms with Crippen molar-refractivity contribution in [2.24, 2.45) is 0 Å². The van der Waals surface area contributed by atoms with E-state index in [4.69, 9.17) is 36.4 Å². The maximum absolute atomic E-state index is 13.9. The quantitative estimate of drug-likeness (QED) is 0.0333. The van der Waals surface area contributed by atoms with Crippen LogP contribution in [0.25, 0.3) is 44.6 Å². The molecule has 4 aliphatic rings. The molecule has 2 heterocycles. The maximum Gasteiger partial charge on any atom is 0.362 e. The van der Waals surface area contributed by atoms with Crippen molar-refractivity contribution in [1.82, 2.24) is 9.15 Å². The Labute approximate surface area is 401 Å². The van der Waals surface area contributed by atoms with Crippen LogP contribution in [0.2, 0.25) is 0 Å². The molecule has 0 saturated carbocycles. The van der Waals surface area contributed by atoms with E-state index in [1.165, 1.54) is 18.7 Å². The summed E-state index contributed by atoms with van der Waals surface area (Å²) in [5.74, 6) is 0.936. The van der Waals surface area contributed by atoms with Gasteiger partial charge in [-0.1, -0.05) is 49.6 Å². The number of carbonyl (C=O) groups excluding carboxylic acids is 2. The van der Waals surface area contributed by atoms with E-state index < -0.39 is 16.0 Å². The highest BCUT2D eigenvalue weighted by molar-refractivity contribution is 7.63. The van der Waals surface area contributed by atoms with Gasteiger partial charge in [0.25, 0.3) is 0 Å². The first-order valence-electron chi connectivity index (χ1n) is 20.8. The van der Waals surface area contributed by atoms with E-state index in [0.29, 0.717) is 53.5 Å². The molecule has 2 aromatic carbocycles. The number of hydrogen-bond acceptors (Lipinski definition) is 11. The first-order chi connectivity index (χ1) is 30.6. The molecule has 0 spiro atoms. The number of fused-ring (bicyclic) bond motifs is 4. The van der Waals surface area contributed by atoms with Crippen LogP contribution in [0.4, 0.5) is 0 Å². The summed E-state index contributed by atoms with van der Waals surface area (Å²) in [6.45, 7) is 13.9. The van der Waals surface area contributed by atoms with Gasteiger partial charge in [-0.3, -0.25) is 14.2 Å². The molecule has 2 aromatic rings. The molecule has 2 aliphatic carbocycles. The van der Waals surface area contributed by atoms with Crippen molar-refractivity contribution in [3.8, 4) is 22.6 Å². The third-order valence-electron chi connectivity index (χ3n) is 9.64. The van der Waals surface area contributed by atoms with E-state index >= 15 is 0 Å². The minimum absolute atomic E-state index is 0. The smallest absolute Gasteiger partial charge is 0.362 e. The van der Waals surface area contributed by atoms with Gasteiger partial charge in [-0.2, -0.15) is 0 Å². The number of rotatable bonds is 17. The third kappa shape index (κ3) is 16.9. The summed E-state index contributed by atoms with van der Waals surface area (Å²) < 4.78 is 61.3. The number of aryl methyl sites for hydroxylation is 2. The summed E-state index contributed by atoms with van der Waals surface area (Å²) >= 11 is 0. The minimum Gasteiger partial charge on any atom is -1.00 e. The fraction of sp³-hybridized carbons (Fsp3) is 0.347. The molecule has 0 N–H and O–H groups in total. The lowest BCUT2D eigenvalue weighted by molar-refractivity contribution is -0.143. The largest absolute Gasteiger partial charge is 1.00 e. The van der Waals surface area contributed by atoms with Gasteiger partial charge in [0.05, 0.1) is 30.7 Å². The Morgan fingerprint density at radius 3 is 1.83 bits per heavy atom. The summed E-state index contributed by atoms with van der Waals surface area (Å²) in [7, 11) is 6.41. The zero-order chi connectivity index (χ0) is 46.8. The molecular weight excluding hydrogens is 925 g/mol. The molecule has 0 saturated heterocycles. The lowest BCUT2D eigenvalue weighted by Gasteiger charge is -2.22. The maximum atomic E-state index is 13.9. The predicted molar refractivity (Wildman–Crippen MR) is 256 cm³/mol. The van der Waals surface area contributed by atoms with Gasteiger partial charge in [0, 0.05) is 67.8 Å². The Morgan fingerprint density at radius 1 is 0.712 bits per heavy atom. The van der Waals surface area contributed by atoms with Gasteiger partial charge in [0.15, 0.2) is 8.38 Å². The summed E-state index contributed by atoms with van der Waals surface area (Å²) in [6, 6.07) is 26.1. The molecule has 13 nitrogen and oxygen atoms in total. The number of hydrogen-bond donors (Lipinski definition) is 0. The molecule has 0 amide bonds. The van der Waals surface area contributed by atoms with Crippen molar-refractivity contribution in [1.29, 1.82) is 0 Å². The first-order valence-corrected chi connectivity index (χ1v) is 24.0. The van der Waals surface area contributed by atoms with Crippen molar-refractivity contribution in [2.45, 2.75) is 39.5 Å². The monoisotopic (exact) mass is 986 g/mol. The Balaban J connectivity index is 0.000000372. The highest BCUT2D eigenvalue weighted by Gasteiger charge is 2.34. The second-order valence-electron chi connectivity index (χ2n) is 15.0. The van der Waals surface area contributed by atoms with Gasteiger partial charge in [-0.05, 0) is 68.1 Å². The van der Waals surface area contributed by atoms with Crippen LogP contribution in [0, 0.1) is 13.8 Å². The van der Waals surface area contributed by atoms with Crippen molar-refractivity contribution in [2.75, 3.05) is 75.5 Å². The lowest BCUT2D eigenvalue weighted by Crippen LogP contribution is -3.00. The molecule has 0 radical (unpaired) electrons. The van der Waals surface area contributed by atoms with E-state index in [2.05, 4.69) is 67.1 Å². The number of benzene rings is 4. The van der Waals surface area contributed by atoms with E-state index in [-0.39, 0.29) is 63.0 Å². The Bertz CT molecular complexity index is 2670. The van der Waals surface area contributed by atoms with Crippen LogP contribution < -0.4 is 50.0 Å². The van der Waals surface area contributed by atoms with E-state index in [1.807, 2.05) is 82.8 Å². The number of halogens is 2. The van der Waals surface area contributed by atoms with Crippen LogP contribution >= 0.6 is 16.0 Å². The Kier molecular flexibility index (Phi) is 24.8. The number of ether oxygens (including phenoxy) is 2. The zero-order valence-corrected chi connectivity index (χ0v) is 42.6. The highest BCUT2D eigenvalue weighted by atomic mass is 35.5. The SMILES string of the molecule is C=CCOC(=O)CCCOP(=O)(OC)c1c2ccc(=[N+](C)C)cc-2oc2cc(C)ccc12.C=CCOC(=O)CCCOP(C)OC.Cc1ccc2cc3ccc(=[N+](C)C)cc-3oc2c1.[Cl-].[Cl-]. The van der Waals surface area contributed by atoms with Crippen LogP contribution in [0.5, 0.6) is 0 Å². The lowest BCUT2D eigenvalue weighted by atomic mass is 10.1. The van der Waals surface area contributed by atoms with Gasteiger partial charge < -0.3 is 61.2 Å². The van der Waals surface area contributed by atoms with E-state index in [1.54, 1.807) is 13.2 Å². The fourth-order valence-electron chi connectivity index (χ4n) is 6.20. The van der Waals surface area contributed by atoms with Crippen molar-refractivity contribution < 1.29 is 75.4 Å². The topological polar surface area (TPSA) is 139 Å². The highest BCUT2D eigenvalue weighted by Crippen LogP contribution is 2.51. The molecule has 0 fully saturated rings. The Morgan fingerprint density at radius 2 is 1.26 bits per heavy atom. The molecule has 17 heteroatoms. The van der Waals surface area contributed by atoms with Gasteiger partial charge in [-0.15, -0.1) is 0 Å². The summed E-state index contributed by atoms with van der Waals surface area (Å²) in [5.41, 5.74) is 5.56. The van der Waals surface area contributed by atoms with Crippen molar-refractivity contribution in [3.63, 3.8) is 0 Å². The standard InChI is InChI=1S/C24H29NO6P.C16H16NO.C9H17O4P.2ClH/c1-6-13-29-23(26)8-7-14-30-32(27,28-5)24-19-11-9-17(2)15-21(19)31-22-16-18(25(3)4)10-12-20(22)24;1-11-4-5-12-9-13-6-7-14(17(2)3)10-16(13)18-15(12)8-11;1-4-7-12-9(10)6-5-8-13-14(3)11-2;;/h6,9-12,15-16H,1,7-8,13-14H2,2-5H3;4-10H,1-3H3;4H,1,5-8H2,2-3H3;2*1H/q2*+1;;;/p-2. The summed E-state index contributed by atoms with van der Waals surface area (Å²) in [4.78, 5) is 22.7.